The van der Waals surface area contributed by atoms with E-state index >= 15 is 0 Å². The summed E-state index contributed by atoms with van der Waals surface area (Å²) in [5.41, 5.74) is 4.06. The number of aliphatic hydroxyl groups is 2. The van der Waals surface area contributed by atoms with Crippen molar-refractivity contribution >= 4 is 74.9 Å². The maximum Gasteiger partial charge on any atom is 0.274 e. The summed E-state index contributed by atoms with van der Waals surface area (Å²) in [6.07, 6.45) is 14.6. The number of aliphatic hydroxyl groups excluding tert-OH is 2. The number of anilines is 1. The first kappa shape index (κ1) is 60.5. The number of phosphoric acid groups is 3. The summed E-state index contributed by atoms with van der Waals surface area (Å²) < 4.78 is 60.8. The lowest BCUT2D eigenvalue weighted by atomic mass is 9.87. The van der Waals surface area contributed by atoms with Crippen molar-refractivity contribution in [3.8, 4) is 0 Å². The largest absolute Gasteiger partial charge is 0.790 e. The number of hydrogen-bond acceptors (Lipinski definition) is 23. The van der Waals surface area contributed by atoms with Gasteiger partial charge in [0.2, 0.25) is 11.8 Å². The number of ketones is 1. The summed E-state index contributed by atoms with van der Waals surface area (Å²) >= 11 is 1.08. The number of fused-ring (bicyclic) bond motifs is 1. The van der Waals surface area contributed by atoms with Gasteiger partial charge >= 0.3 is 0 Å². The number of rotatable bonds is 33. The summed E-state index contributed by atoms with van der Waals surface area (Å²) in [6, 6.07) is 0. The van der Waals surface area contributed by atoms with Gasteiger partial charge in [-0.1, -0.05) is 87.9 Å². The monoisotopic (exact) mass is 1060 g/mol. The highest BCUT2D eigenvalue weighted by atomic mass is 32.2. The molecule has 2 aromatic heterocycles. The summed E-state index contributed by atoms with van der Waals surface area (Å²) in [4.78, 5) is 109. The van der Waals surface area contributed by atoms with Crippen LogP contribution in [0.5, 0.6) is 0 Å². The van der Waals surface area contributed by atoms with Crippen LogP contribution in [0.15, 0.2) is 61.3 Å². The fraction of sp³-hybridized carbons (Fsp3) is 0.585. The number of amides is 2. The number of nitrogens with one attached hydrogen (secondary N) is 2. The number of nitrogen functional groups attached to an aromatic ring is 1. The van der Waals surface area contributed by atoms with E-state index < -0.39 is 84.6 Å². The summed E-state index contributed by atoms with van der Waals surface area (Å²) in [7, 11) is -17.6. The maximum absolute atomic E-state index is 12.6. The van der Waals surface area contributed by atoms with E-state index in [1.54, 1.807) is 12.2 Å². The number of hydrogen-bond donors (Lipinski definition) is 5. The summed E-state index contributed by atoms with van der Waals surface area (Å²) in [6.45, 7) is 2.16. The van der Waals surface area contributed by atoms with Crippen LogP contribution in [-0.4, -0.2) is 109 Å². The van der Waals surface area contributed by atoms with Crippen molar-refractivity contribution in [1.29, 1.82) is 0 Å². The molecule has 1 aliphatic rings. The van der Waals surface area contributed by atoms with Gasteiger partial charge in [0.05, 0.1) is 27.4 Å². The number of carbonyl (C=O) groups excluding carboxylic acids is 4. The van der Waals surface area contributed by atoms with Crippen molar-refractivity contribution in [2.45, 2.75) is 116 Å². The molecule has 1 fully saturated rings. The molecule has 2 unspecified atom stereocenters. The van der Waals surface area contributed by atoms with Crippen LogP contribution in [0.2, 0.25) is 0 Å². The molecule has 0 aromatic carbocycles. The van der Waals surface area contributed by atoms with Crippen molar-refractivity contribution < 1.29 is 85.3 Å². The molecule has 0 bridgehead atoms. The van der Waals surface area contributed by atoms with Gasteiger partial charge in [0.25, 0.3) is 15.6 Å². The Bertz CT molecular complexity index is 2310. The first-order chi connectivity index (χ1) is 32.9. The van der Waals surface area contributed by atoms with Crippen LogP contribution in [0.3, 0.4) is 0 Å². The van der Waals surface area contributed by atoms with Crippen molar-refractivity contribution in [2.24, 2.45) is 5.41 Å². The average Bonchev–Trinajstić information content (AvgIpc) is 3.84. The van der Waals surface area contributed by atoms with Gasteiger partial charge in [-0.05, 0) is 38.2 Å². The zero-order chi connectivity index (χ0) is 52.0. The molecule has 3 rings (SSSR count). The fourth-order valence-corrected chi connectivity index (χ4v) is 9.68. The quantitative estimate of drug-likeness (QED) is 0.0222. The van der Waals surface area contributed by atoms with Crippen molar-refractivity contribution in [1.82, 2.24) is 30.2 Å². The molecule has 1 aliphatic heterocycles. The molecule has 392 valence electrons. The number of phosphoric ester groups is 3. The van der Waals surface area contributed by atoms with E-state index in [0.717, 1.165) is 67.5 Å². The Labute approximate surface area is 409 Å². The number of nitrogens with zero attached hydrogens (tertiary/aromatic N) is 4. The molecule has 29 heteroatoms. The molecule has 2 aromatic rings. The van der Waals surface area contributed by atoms with Gasteiger partial charge in [-0.2, -0.15) is 0 Å². The first-order valence-electron chi connectivity index (χ1n) is 22.1. The topological polar surface area (TPSA) is 392 Å². The van der Waals surface area contributed by atoms with E-state index in [0.29, 0.717) is 25.0 Å². The van der Waals surface area contributed by atoms with Crippen LogP contribution in [0, 0.1) is 5.41 Å². The third kappa shape index (κ3) is 22.3. The molecule has 1 saturated heterocycles. The zero-order valence-corrected chi connectivity index (χ0v) is 42.3. The molecule has 0 spiro atoms. The van der Waals surface area contributed by atoms with E-state index in [9.17, 15) is 62.7 Å². The van der Waals surface area contributed by atoms with Crippen molar-refractivity contribution in [2.75, 3.05) is 37.8 Å². The SMILES string of the molecule is CCCCCC(=O)/C=C/C=C\C/C=C\C/C=C\CCCC(=O)SCCNC(=O)CCNC(=O)[C@H](O)C(C)(C)COP(=O)([O-])OP(=O)([O-])OC[C@H]1O[C@@H](n2cnc3c(N)ncnc32)[C@H](O)[C@@H]1OP(=O)([O-])[O-]. The third-order valence-corrected chi connectivity index (χ3v) is 13.9. The Kier molecular flexibility index (Phi) is 25.6. The molecule has 2 amide bonds. The highest BCUT2D eigenvalue weighted by Crippen LogP contribution is 2.56. The molecule has 6 N–H and O–H groups in total. The van der Waals surface area contributed by atoms with Gasteiger partial charge < -0.3 is 69.0 Å². The van der Waals surface area contributed by atoms with Gasteiger partial charge in [-0.15, -0.1) is 0 Å². The Hall–Kier alpha value is -3.81. The number of aromatic nitrogens is 4. The molecule has 70 heavy (non-hydrogen) atoms. The van der Waals surface area contributed by atoms with Crippen LogP contribution in [0.4, 0.5) is 5.82 Å². The van der Waals surface area contributed by atoms with Crippen LogP contribution in [-0.2, 0) is 55.5 Å². The van der Waals surface area contributed by atoms with E-state index in [1.165, 1.54) is 13.8 Å². The molecule has 3 heterocycles. The standard InChI is InChI=1S/C41H64N7O18P3S/c1-4-5-15-18-29(49)19-16-13-11-9-7-6-8-10-12-14-17-20-32(51)70-24-23-43-31(50)21-22-44-39(54)36(53)41(2,3)26-63-69(60,61)66-68(58,59)62-25-30-35(65-67(55,56)57)34(52)40(64-30)48-28-47-33-37(42)45-27-46-38(33)48/h6-7,10-13,16,19,27-28,30,34-36,40,52-53H,4-5,8-9,14-15,17-18,20-26H2,1-3H3,(H,43,50)(H,44,54)(H,58,59)(H,60,61)(H2,42,45,46)(H2,55,56,57)/p-4/b7-6-,12-10-,13-11-,19-16+/t30-,34-,35-,36+,40-/m1/s1. The predicted molar refractivity (Wildman–Crippen MR) is 247 cm³/mol. The summed E-state index contributed by atoms with van der Waals surface area (Å²) in [5.74, 6) is -1.10. The first-order valence-corrected chi connectivity index (χ1v) is 27.5. The molecule has 0 radical (unpaired) electrons. The second-order valence-electron chi connectivity index (χ2n) is 16.2. The van der Waals surface area contributed by atoms with Crippen molar-refractivity contribution in [3.63, 3.8) is 0 Å². The predicted octanol–water partition coefficient (Wildman–Crippen LogP) is 1.46. The number of imidazole rings is 1. The molecule has 25 nitrogen and oxygen atoms in total. The van der Waals surface area contributed by atoms with E-state index in [1.807, 2.05) is 36.5 Å². The van der Waals surface area contributed by atoms with Crippen LogP contribution < -0.4 is 35.9 Å². The van der Waals surface area contributed by atoms with Crippen LogP contribution in [0.1, 0.15) is 91.2 Å². The average molecular weight is 1060 g/mol. The van der Waals surface area contributed by atoms with Gasteiger partial charge in [0, 0.05) is 43.5 Å². The number of allylic oxidation sites excluding steroid dienone is 8. The second-order valence-corrected chi connectivity index (χ2v) is 21.4. The highest BCUT2D eigenvalue weighted by molar-refractivity contribution is 8.13. The molecule has 0 aliphatic carbocycles. The zero-order valence-electron chi connectivity index (χ0n) is 38.8. The highest BCUT2D eigenvalue weighted by Gasteiger charge is 2.47. The minimum absolute atomic E-state index is 0.0216. The fourth-order valence-electron chi connectivity index (χ4n) is 6.22. The minimum atomic E-state index is -5.93. The Morgan fingerprint density at radius 2 is 1.63 bits per heavy atom. The Balaban J connectivity index is 1.30. The van der Waals surface area contributed by atoms with Gasteiger partial charge in [-0.3, -0.25) is 32.9 Å². The van der Waals surface area contributed by atoms with E-state index in [2.05, 4.69) is 50.4 Å². The third-order valence-electron chi connectivity index (χ3n) is 9.93. The lowest BCUT2D eigenvalue weighted by Crippen LogP contribution is -2.46. The molecular weight excluding hydrogens is 1000 g/mol. The molecule has 0 saturated carbocycles. The number of thioether (sulfide) groups is 1. The molecular formula is C41H60N7O18P3S-4. The minimum Gasteiger partial charge on any atom is -0.790 e. The smallest absolute Gasteiger partial charge is 0.274 e. The lowest BCUT2D eigenvalue weighted by Gasteiger charge is -2.36. The second kappa shape index (κ2) is 29.6. The van der Waals surface area contributed by atoms with E-state index in [-0.39, 0.29) is 47.4 Å². The van der Waals surface area contributed by atoms with Crippen LogP contribution >= 0.6 is 35.2 Å². The summed E-state index contributed by atoms with van der Waals surface area (Å²) in [5, 5.41) is 26.4. The Morgan fingerprint density at radius 1 is 0.929 bits per heavy atom. The van der Waals surface area contributed by atoms with Gasteiger partial charge in [0.15, 0.2) is 28.6 Å². The number of ether oxygens (including phenoxy) is 1. The van der Waals surface area contributed by atoms with Crippen molar-refractivity contribution in [3.05, 3.63) is 61.3 Å². The number of carbonyl (C=O) groups is 4. The number of nitrogens with two attached hydrogens (primary N) is 1. The van der Waals surface area contributed by atoms with Crippen LogP contribution in [0.25, 0.3) is 11.2 Å². The maximum atomic E-state index is 12.6. The van der Waals surface area contributed by atoms with Gasteiger partial charge in [0.1, 0.15) is 36.3 Å². The normalized spacial score (nSPS) is 20.1. The van der Waals surface area contributed by atoms with E-state index in [4.69, 9.17) is 10.5 Å². The molecule has 7 atom stereocenters. The lowest BCUT2D eigenvalue weighted by molar-refractivity contribution is -0.347. The van der Waals surface area contributed by atoms with Gasteiger partial charge in [-0.25, -0.2) is 19.3 Å². The number of unbranched alkanes of at least 4 members (excludes halogenated alkanes) is 3. The Morgan fingerprint density at radius 3 is 2.34 bits per heavy atom.